The van der Waals surface area contributed by atoms with Crippen molar-refractivity contribution in [1.29, 1.82) is 0 Å². The molecule has 0 aliphatic rings. The van der Waals surface area contributed by atoms with Crippen LogP contribution in [-0.4, -0.2) is 21.3 Å². The van der Waals surface area contributed by atoms with Crippen molar-refractivity contribution in [2.45, 2.75) is 19.0 Å². The number of ether oxygens (including phenoxy) is 3. The van der Waals surface area contributed by atoms with E-state index in [2.05, 4.69) is 0 Å². The molecule has 3 nitrogen and oxygen atoms in total. The third kappa shape index (κ3) is 3.42. The SMILES string of the molecule is COc1ccc(C(C)c2ccc(C(F)(F)F)cc2)c(OC)c1OC. The predicted octanol–water partition coefficient (Wildman–Crippen LogP) is 4.88. The van der Waals surface area contributed by atoms with Gasteiger partial charge in [0.2, 0.25) is 5.75 Å². The molecule has 6 heteroatoms. The summed E-state index contributed by atoms with van der Waals surface area (Å²) in [6.07, 6.45) is -4.34. The van der Waals surface area contributed by atoms with Gasteiger partial charge in [0.05, 0.1) is 26.9 Å². The van der Waals surface area contributed by atoms with Crippen molar-refractivity contribution in [2.75, 3.05) is 21.3 Å². The second kappa shape index (κ2) is 7.03. The highest BCUT2D eigenvalue weighted by Crippen LogP contribution is 2.44. The summed E-state index contributed by atoms with van der Waals surface area (Å²) in [5.41, 5.74) is 0.876. The monoisotopic (exact) mass is 340 g/mol. The van der Waals surface area contributed by atoms with Crippen LogP contribution in [0.5, 0.6) is 17.2 Å². The lowest BCUT2D eigenvalue weighted by molar-refractivity contribution is -0.137. The highest BCUT2D eigenvalue weighted by Gasteiger charge is 2.30. The molecule has 0 spiro atoms. The molecule has 0 aromatic heterocycles. The van der Waals surface area contributed by atoms with Crippen molar-refractivity contribution in [2.24, 2.45) is 0 Å². The summed E-state index contributed by atoms with van der Waals surface area (Å²) in [4.78, 5) is 0. The van der Waals surface area contributed by atoms with E-state index in [1.165, 1.54) is 33.5 Å². The van der Waals surface area contributed by atoms with Crippen LogP contribution in [0.25, 0.3) is 0 Å². The molecule has 0 saturated carbocycles. The first-order chi connectivity index (χ1) is 11.3. The molecule has 130 valence electrons. The van der Waals surface area contributed by atoms with E-state index in [0.717, 1.165) is 23.3 Å². The number of methoxy groups -OCH3 is 3. The van der Waals surface area contributed by atoms with Crippen LogP contribution in [-0.2, 0) is 6.18 Å². The second-order valence-corrected chi connectivity index (χ2v) is 5.27. The summed E-state index contributed by atoms with van der Waals surface area (Å²) in [6.45, 7) is 1.90. The molecule has 2 aromatic rings. The highest BCUT2D eigenvalue weighted by atomic mass is 19.4. The molecule has 1 atom stereocenters. The Hall–Kier alpha value is -2.37. The molecular formula is C18H19F3O3. The van der Waals surface area contributed by atoms with Gasteiger partial charge in [-0.15, -0.1) is 0 Å². The minimum Gasteiger partial charge on any atom is -0.493 e. The summed E-state index contributed by atoms with van der Waals surface area (Å²) in [5.74, 6) is 1.31. The van der Waals surface area contributed by atoms with Crippen LogP contribution in [0.4, 0.5) is 13.2 Å². The van der Waals surface area contributed by atoms with Gasteiger partial charge in [0.1, 0.15) is 0 Å². The molecule has 0 N–H and O–H groups in total. The first-order valence-corrected chi connectivity index (χ1v) is 7.29. The summed E-state index contributed by atoms with van der Waals surface area (Å²) in [5, 5.41) is 0. The summed E-state index contributed by atoms with van der Waals surface area (Å²) < 4.78 is 54.1. The van der Waals surface area contributed by atoms with Crippen LogP contribution in [0.15, 0.2) is 36.4 Å². The summed E-state index contributed by atoms with van der Waals surface area (Å²) in [6, 6.07) is 8.69. The Balaban J connectivity index is 2.44. The highest BCUT2D eigenvalue weighted by molar-refractivity contribution is 5.58. The molecule has 0 heterocycles. The third-order valence-electron chi connectivity index (χ3n) is 3.94. The Morgan fingerprint density at radius 2 is 1.38 bits per heavy atom. The van der Waals surface area contributed by atoms with Crippen LogP contribution >= 0.6 is 0 Å². The van der Waals surface area contributed by atoms with Crippen molar-refractivity contribution in [3.63, 3.8) is 0 Å². The fourth-order valence-corrected chi connectivity index (χ4v) is 2.61. The second-order valence-electron chi connectivity index (χ2n) is 5.27. The van der Waals surface area contributed by atoms with Crippen LogP contribution in [0.2, 0.25) is 0 Å². The molecular weight excluding hydrogens is 321 g/mol. The average Bonchev–Trinajstić information content (AvgIpc) is 2.58. The fourth-order valence-electron chi connectivity index (χ4n) is 2.61. The van der Waals surface area contributed by atoms with E-state index >= 15 is 0 Å². The molecule has 0 aliphatic heterocycles. The van der Waals surface area contributed by atoms with Gasteiger partial charge in [-0.1, -0.05) is 25.1 Å². The Morgan fingerprint density at radius 3 is 1.83 bits per heavy atom. The van der Waals surface area contributed by atoms with E-state index < -0.39 is 11.7 Å². The normalized spacial score (nSPS) is 12.6. The van der Waals surface area contributed by atoms with Crippen molar-refractivity contribution in [3.8, 4) is 17.2 Å². The Kier molecular flexibility index (Phi) is 5.26. The number of benzene rings is 2. The van der Waals surface area contributed by atoms with Crippen LogP contribution in [0.3, 0.4) is 0 Å². The van der Waals surface area contributed by atoms with Gasteiger partial charge in [-0.25, -0.2) is 0 Å². The van der Waals surface area contributed by atoms with E-state index in [9.17, 15) is 13.2 Å². The summed E-state index contributed by atoms with van der Waals surface area (Å²) in [7, 11) is 4.55. The molecule has 2 rings (SSSR count). The molecule has 2 aromatic carbocycles. The van der Waals surface area contributed by atoms with Gasteiger partial charge in [0.15, 0.2) is 11.5 Å². The lowest BCUT2D eigenvalue weighted by Gasteiger charge is -2.20. The maximum absolute atomic E-state index is 12.7. The molecule has 24 heavy (non-hydrogen) atoms. The van der Waals surface area contributed by atoms with Crippen molar-refractivity contribution >= 4 is 0 Å². The Bertz CT molecular complexity index is 694. The average molecular weight is 340 g/mol. The van der Waals surface area contributed by atoms with Crippen LogP contribution in [0, 0.1) is 0 Å². The lowest BCUT2D eigenvalue weighted by Crippen LogP contribution is -2.06. The quantitative estimate of drug-likeness (QED) is 0.776. The van der Waals surface area contributed by atoms with Crippen molar-refractivity contribution in [3.05, 3.63) is 53.1 Å². The van der Waals surface area contributed by atoms with Crippen LogP contribution in [0.1, 0.15) is 29.5 Å². The Morgan fingerprint density at radius 1 is 0.792 bits per heavy atom. The number of hydrogen-bond donors (Lipinski definition) is 0. The minimum atomic E-state index is -4.34. The van der Waals surface area contributed by atoms with Crippen LogP contribution < -0.4 is 14.2 Å². The third-order valence-corrected chi connectivity index (χ3v) is 3.94. The van der Waals surface area contributed by atoms with E-state index in [1.807, 2.05) is 13.0 Å². The number of alkyl halides is 3. The molecule has 0 radical (unpaired) electrons. The zero-order valence-electron chi connectivity index (χ0n) is 13.9. The number of halogens is 3. The zero-order chi connectivity index (χ0) is 17.9. The topological polar surface area (TPSA) is 27.7 Å². The van der Waals surface area contributed by atoms with E-state index in [0.29, 0.717) is 17.2 Å². The molecule has 0 amide bonds. The number of rotatable bonds is 5. The molecule has 0 aliphatic carbocycles. The number of hydrogen-bond acceptors (Lipinski definition) is 3. The lowest BCUT2D eigenvalue weighted by atomic mass is 9.91. The fraction of sp³-hybridized carbons (Fsp3) is 0.333. The predicted molar refractivity (Wildman–Crippen MR) is 85.1 cm³/mol. The van der Waals surface area contributed by atoms with Gasteiger partial charge < -0.3 is 14.2 Å². The van der Waals surface area contributed by atoms with E-state index in [-0.39, 0.29) is 5.92 Å². The maximum Gasteiger partial charge on any atom is 0.416 e. The molecule has 0 saturated heterocycles. The summed E-state index contributed by atoms with van der Waals surface area (Å²) >= 11 is 0. The van der Waals surface area contributed by atoms with Gasteiger partial charge in [0.25, 0.3) is 0 Å². The van der Waals surface area contributed by atoms with Gasteiger partial charge >= 0.3 is 6.18 Å². The first kappa shape index (κ1) is 18.0. The maximum atomic E-state index is 12.7. The van der Waals surface area contributed by atoms with Gasteiger partial charge in [0, 0.05) is 11.5 Å². The van der Waals surface area contributed by atoms with Gasteiger partial charge in [-0.05, 0) is 23.8 Å². The van der Waals surface area contributed by atoms with Crippen molar-refractivity contribution < 1.29 is 27.4 Å². The van der Waals surface area contributed by atoms with Crippen molar-refractivity contribution in [1.82, 2.24) is 0 Å². The largest absolute Gasteiger partial charge is 0.493 e. The molecule has 0 bridgehead atoms. The molecule has 0 fully saturated rings. The van der Waals surface area contributed by atoms with Gasteiger partial charge in [-0.3, -0.25) is 0 Å². The standard InChI is InChI=1S/C18H19F3O3/c1-11(12-5-7-13(8-6-12)18(19,20)21)14-9-10-15(22-2)17(24-4)16(14)23-3/h5-11H,1-4H3. The smallest absolute Gasteiger partial charge is 0.416 e. The van der Waals surface area contributed by atoms with E-state index in [1.54, 1.807) is 6.07 Å². The van der Waals surface area contributed by atoms with E-state index in [4.69, 9.17) is 14.2 Å². The molecule has 1 unspecified atom stereocenters. The zero-order valence-corrected chi connectivity index (χ0v) is 13.9. The minimum absolute atomic E-state index is 0.179. The van der Waals surface area contributed by atoms with Gasteiger partial charge in [-0.2, -0.15) is 13.2 Å². The first-order valence-electron chi connectivity index (χ1n) is 7.29. The Labute approximate surface area is 139 Å².